The number of benzene rings is 2. The molecule has 4 heteroatoms. The Hall–Kier alpha value is -2.36. The van der Waals surface area contributed by atoms with E-state index in [1.165, 1.54) is 5.56 Å². The maximum atomic E-state index is 6.09. The molecule has 2 aromatic carbocycles. The van der Waals surface area contributed by atoms with Crippen LogP contribution in [0.3, 0.4) is 0 Å². The molecule has 2 N–H and O–H groups in total. The Morgan fingerprint density at radius 3 is 2.96 bits per heavy atom. The smallest absolute Gasteiger partial charge is 0.126 e. The monoisotopic (exact) mass is 326 g/mol. The van der Waals surface area contributed by atoms with Crippen molar-refractivity contribution in [2.45, 2.75) is 31.8 Å². The van der Waals surface area contributed by atoms with E-state index in [-0.39, 0.29) is 6.10 Å². The van der Waals surface area contributed by atoms with E-state index in [9.17, 15) is 0 Å². The highest BCUT2D eigenvalue weighted by Crippen LogP contribution is 2.32. The molecule has 1 heterocycles. The Balaban J connectivity index is 1.40. The highest BCUT2D eigenvalue weighted by molar-refractivity contribution is 5.43. The molecular weight excluding hydrogens is 302 g/mol. The van der Waals surface area contributed by atoms with Gasteiger partial charge in [-0.3, -0.25) is 0 Å². The van der Waals surface area contributed by atoms with E-state index in [4.69, 9.17) is 19.9 Å². The molecule has 0 aliphatic carbocycles. The lowest BCUT2D eigenvalue weighted by Crippen LogP contribution is -2.22. The molecule has 3 rings (SSSR count). The van der Waals surface area contributed by atoms with Gasteiger partial charge < -0.3 is 19.9 Å². The molecule has 127 valence electrons. The molecule has 0 spiro atoms. The number of nitrogen functional groups attached to an aromatic ring is 1. The van der Waals surface area contributed by atoms with Crippen LogP contribution < -0.4 is 19.9 Å². The summed E-state index contributed by atoms with van der Waals surface area (Å²) >= 11 is 0. The average molecular weight is 326 g/mol. The van der Waals surface area contributed by atoms with Gasteiger partial charge in [0.1, 0.15) is 17.2 Å². The van der Waals surface area contributed by atoms with Gasteiger partial charge in [-0.25, -0.2) is 0 Å². The average Bonchev–Trinajstić information content (AvgIpc) is 2.61. The number of hydrogen-bond acceptors (Lipinski definition) is 4. The van der Waals surface area contributed by atoms with Crippen molar-refractivity contribution >= 4 is 5.69 Å². The predicted molar refractivity (Wildman–Crippen MR) is 95.6 cm³/mol. The van der Waals surface area contributed by atoms with E-state index < -0.39 is 0 Å². The molecule has 1 radical (unpaired) electrons. The molecule has 1 atom stereocenters. The summed E-state index contributed by atoms with van der Waals surface area (Å²) in [5.74, 6) is 2.61. The van der Waals surface area contributed by atoms with Crippen LogP contribution in [0.4, 0.5) is 5.69 Å². The molecule has 1 unspecified atom stereocenters. The fourth-order valence-corrected chi connectivity index (χ4v) is 2.87. The van der Waals surface area contributed by atoms with Gasteiger partial charge in [0.05, 0.1) is 19.8 Å². The topological polar surface area (TPSA) is 53.7 Å². The minimum absolute atomic E-state index is 0.233. The van der Waals surface area contributed by atoms with Gasteiger partial charge in [-0.15, -0.1) is 0 Å². The number of nitrogens with two attached hydrogens (primary N) is 1. The molecule has 0 aromatic heterocycles. The first-order valence-corrected chi connectivity index (χ1v) is 8.38. The summed E-state index contributed by atoms with van der Waals surface area (Å²) in [7, 11) is 1.68. The quantitative estimate of drug-likeness (QED) is 0.616. The Morgan fingerprint density at radius 2 is 2.12 bits per heavy atom. The molecule has 2 aromatic rings. The van der Waals surface area contributed by atoms with Crippen LogP contribution >= 0.6 is 0 Å². The molecular formula is C20H24NO3. The number of aryl methyl sites for hydroxylation is 1. The number of unbranched alkanes of at least 4 members (excludes halogenated alkanes) is 1. The Morgan fingerprint density at radius 1 is 1.21 bits per heavy atom. The third-order valence-electron chi connectivity index (χ3n) is 4.18. The Kier molecular flexibility index (Phi) is 5.47. The van der Waals surface area contributed by atoms with Crippen molar-refractivity contribution in [2.75, 3.05) is 19.5 Å². The summed E-state index contributed by atoms with van der Waals surface area (Å²) in [5.41, 5.74) is 7.72. The third-order valence-corrected chi connectivity index (χ3v) is 4.18. The zero-order valence-electron chi connectivity index (χ0n) is 14.0. The van der Waals surface area contributed by atoms with E-state index in [0.29, 0.717) is 6.61 Å². The largest absolute Gasteiger partial charge is 0.497 e. The second-order valence-electron chi connectivity index (χ2n) is 5.99. The van der Waals surface area contributed by atoms with Gasteiger partial charge in [-0.05, 0) is 55.9 Å². The lowest BCUT2D eigenvalue weighted by Gasteiger charge is -2.26. The summed E-state index contributed by atoms with van der Waals surface area (Å²) in [6.45, 7) is 0.653. The summed E-state index contributed by atoms with van der Waals surface area (Å²) < 4.78 is 17.0. The maximum absolute atomic E-state index is 6.09. The molecule has 24 heavy (non-hydrogen) atoms. The van der Waals surface area contributed by atoms with Gasteiger partial charge in [0, 0.05) is 17.8 Å². The van der Waals surface area contributed by atoms with E-state index in [2.05, 4.69) is 12.5 Å². The van der Waals surface area contributed by atoms with Crippen LogP contribution in [-0.2, 0) is 6.42 Å². The highest BCUT2D eigenvalue weighted by atomic mass is 16.5. The van der Waals surface area contributed by atoms with Crippen LogP contribution in [0, 0.1) is 6.42 Å². The molecule has 4 nitrogen and oxygen atoms in total. The molecule has 0 amide bonds. The Labute approximate surface area is 143 Å². The van der Waals surface area contributed by atoms with Gasteiger partial charge in [0.25, 0.3) is 0 Å². The van der Waals surface area contributed by atoms with Crippen LogP contribution in [0.15, 0.2) is 42.5 Å². The number of rotatable bonds is 7. The molecule has 0 saturated heterocycles. The lowest BCUT2D eigenvalue weighted by molar-refractivity contribution is 0.169. The van der Waals surface area contributed by atoms with E-state index in [1.54, 1.807) is 7.11 Å². The zero-order chi connectivity index (χ0) is 16.8. The van der Waals surface area contributed by atoms with Gasteiger partial charge in [0.15, 0.2) is 0 Å². The van der Waals surface area contributed by atoms with Crippen molar-refractivity contribution in [3.05, 3.63) is 54.4 Å². The van der Waals surface area contributed by atoms with Crippen LogP contribution in [0.2, 0.25) is 0 Å². The van der Waals surface area contributed by atoms with E-state index in [1.807, 2.05) is 36.4 Å². The normalized spacial score (nSPS) is 16.1. The van der Waals surface area contributed by atoms with Crippen molar-refractivity contribution < 1.29 is 14.2 Å². The van der Waals surface area contributed by atoms with Crippen LogP contribution in [0.1, 0.15) is 24.8 Å². The summed E-state index contributed by atoms with van der Waals surface area (Å²) in [6, 6.07) is 13.6. The number of ether oxygens (including phenoxy) is 3. The van der Waals surface area contributed by atoms with Gasteiger partial charge in [-0.2, -0.15) is 0 Å². The van der Waals surface area contributed by atoms with Gasteiger partial charge >= 0.3 is 0 Å². The molecule has 1 aliphatic heterocycles. The summed E-state index contributed by atoms with van der Waals surface area (Å²) in [4.78, 5) is 0. The van der Waals surface area contributed by atoms with Crippen molar-refractivity contribution in [1.29, 1.82) is 0 Å². The van der Waals surface area contributed by atoms with Crippen molar-refractivity contribution in [1.82, 2.24) is 0 Å². The van der Waals surface area contributed by atoms with Crippen molar-refractivity contribution in [3.8, 4) is 17.2 Å². The van der Waals surface area contributed by atoms with Crippen LogP contribution in [-0.4, -0.2) is 19.8 Å². The predicted octanol–water partition coefficient (Wildman–Crippen LogP) is 4.03. The SMILES string of the molecule is COc1ccc2c(c1)OC(C[CH]CCOc1cccc(N)c1)CC2. The second kappa shape index (κ2) is 7.95. The maximum Gasteiger partial charge on any atom is 0.126 e. The molecule has 0 fully saturated rings. The molecule has 1 aliphatic rings. The third kappa shape index (κ3) is 4.34. The number of methoxy groups -OCH3 is 1. The summed E-state index contributed by atoms with van der Waals surface area (Å²) in [6.07, 6.45) is 6.39. The zero-order valence-corrected chi connectivity index (χ0v) is 14.0. The standard InChI is InChI=1S/C20H24NO3/c1-22-18-11-9-15-8-10-17(24-20(15)14-18)6-2-3-12-23-19-7-4-5-16(21)13-19/h2,4-5,7,9,11,13-14,17H,3,6,8,10,12,21H2,1H3. The minimum Gasteiger partial charge on any atom is -0.497 e. The number of anilines is 1. The van der Waals surface area contributed by atoms with Gasteiger partial charge in [0.2, 0.25) is 0 Å². The van der Waals surface area contributed by atoms with E-state index >= 15 is 0 Å². The van der Waals surface area contributed by atoms with Crippen molar-refractivity contribution in [2.24, 2.45) is 0 Å². The van der Waals surface area contributed by atoms with E-state index in [0.717, 1.165) is 48.6 Å². The highest BCUT2D eigenvalue weighted by Gasteiger charge is 2.19. The lowest BCUT2D eigenvalue weighted by atomic mass is 9.99. The summed E-state index contributed by atoms with van der Waals surface area (Å²) in [5, 5.41) is 0. The number of hydrogen-bond donors (Lipinski definition) is 1. The molecule has 0 bridgehead atoms. The number of fused-ring (bicyclic) bond motifs is 1. The first kappa shape index (κ1) is 16.5. The first-order valence-electron chi connectivity index (χ1n) is 8.38. The molecule has 0 saturated carbocycles. The fraction of sp³-hybridized carbons (Fsp3) is 0.350. The van der Waals surface area contributed by atoms with Crippen molar-refractivity contribution in [3.63, 3.8) is 0 Å². The van der Waals surface area contributed by atoms with Gasteiger partial charge in [-0.1, -0.05) is 12.1 Å². The second-order valence-corrected chi connectivity index (χ2v) is 5.99. The fourth-order valence-electron chi connectivity index (χ4n) is 2.87. The van der Waals surface area contributed by atoms with Crippen LogP contribution in [0.25, 0.3) is 0 Å². The minimum atomic E-state index is 0.233. The van der Waals surface area contributed by atoms with Crippen LogP contribution in [0.5, 0.6) is 17.2 Å². The first-order chi connectivity index (χ1) is 11.7. The Bertz CT molecular complexity index is 672.